The minimum atomic E-state index is -0.333. The Hall–Kier alpha value is -2.53. The van der Waals surface area contributed by atoms with E-state index in [4.69, 9.17) is 12.2 Å². The molecule has 0 aliphatic heterocycles. The summed E-state index contributed by atoms with van der Waals surface area (Å²) in [6.45, 7) is 2.00. The quantitative estimate of drug-likeness (QED) is 0.671. The average molecular weight is 314 g/mol. The average Bonchev–Trinajstić information content (AvgIpc) is 2.49. The number of anilines is 1. The van der Waals surface area contributed by atoms with E-state index in [-0.39, 0.29) is 16.8 Å². The smallest absolute Gasteiger partial charge is 0.250 e. The zero-order chi connectivity index (χ0) is 15.9. The number of benzene rings is 2. The number of rotatable bonds is 3. The normalized spacial score (nSPS) is 10.5. The van der Waals surface area contributed by atoms with E-state index >= 15 is 0 Å². The predicted molar refractivity (Wildman–Crippen MR) is 91.0 cm³/mol. The number of carbonyl (C=O) groups is 1. The van der Waals surface area contributed by atoms with Crippen LogP contribution in [0.1, 0.15) is 11.1 Å². The van der Waals surface area contributed by atoms with E-state index in [0.29, 0.717) is 5.69 Å². The van der Waals surface area contributed by atoms with Crippen LogP contribution in [0.15, 0.2) is 54.6 Å². The molecule has 0 atom stereocenters. The van der Waals surface area contributed by atoms with Crippen LogP contribution < -0.4 is 10.6 Å². The summed E-state index contributed by atoms with van der Waals surface area (Å²) in [4.78, 5) is 11.8. The molecule has 3 nitrogen and oxygen atoms in total. The monoisotopic (exact) mass is 314 g/mol. The summed E-state index contributed by atoms with van der Waals surface area (Å²) in [5.74, 6) is -0.665. The lowest BCUT2D eigenvalue weighted by Gasteiger charge is -2.07. The summed E-state index contributed by atoms with van der Waals surface area (Å²) in [6.07, 6.45) is 3.11. The molecule has 0 radical (unpaired) electrons. The maximum atomic E-state index is 12.8. The second-order valence-electron chi connectivity index (χ2n) is 4.69. The Balaban J connectivity index is 1.87. The number of thiocarbonyl (C=S) groups is 1. The van der Waals surface area contributed by atoms with Gasteiger partial charge in [0.15, 0.2) is 5.11 Å². The van der Waals surface area contributed by atoms with Crippen molar-refractivity contribution in [2.45, 2.75) is 6.92 Å². The van der Waals surface area contributed by atoms with Gasteiger partial charge in [-0.05, 0) is 55.0 Å². The second kappa shape index (κ2) is 7.47. The van der Waals surface area contributed by atoms with Gasteiger partial charge in [0.25, 0.3) is 0 Å². The van der Waals surface area contributed by atoms with E-state index in [1.165, 1.54) is 30.3 Å². The molecule has 0 bridgehead atoms. The molecule has 22 heavy (non-hydrogen) atoms. The zero-order valence-electron chi connectivity index (χ0n) is 12.0. The topological polar surface area (TPSA) is 41.1 Å². The number of hydrogen-bond acceptors (Lipinski definition) is 2. The predicted octanol–water partition coefficient (Wildman–Crippen LogP) is 3.66. The van der Waals surface area contributed by atoms with Gasteiger partial charge in [-0.15, -0.1) is 0 Å². The fraction of sp³-hybridized carbons (Fsp3) is 0.0588. The van der Waals surface area contributed by atoms with Crippen LogP contribution in [0.2, 0.25) is 0 Å². The van der Waals surface area contributed by atoms with E-state index in [1.54, 1.807) is 6.08 Å². The largest absolute Gasteiger partial charge is 0.332 e. The van der Waals surface area contributed by atoms with Gasteiger partial charge in [-0.2, -0.15) is 0 Å². The summed E-state index contributed by atoms with van der Waals surface area (Å²) < 4.78 is 12.8. The van der Waals surface area contributed by atoms with Gasteiger partial charge in [0, 0.05) is 11.8 Å². The summed E-state index contributed by atoms with van der Waals surface area (Å²) in [7, 11) is 0. The first kappa shape index (κ1) is 15.9. The molecule has 0 aliphatic rings. The zero-order valence-corrected chi connectivity index (χ0v) is 12.8. The van der Waals surface area contributed by atoms with Crippen LogP contribution in [-0.2, 0) is 4.79 Å². The van der Waals surface area contributed by atoms with E-state index in [9.17, 15) is 9.18 Å². The Kier molecular flexibility index (Phi) is 5.38. The number of hydrogen-bond donors (Lipinski definition) is 2. The van der Waals surface area contributed by atoms with Gasteiger partial charge in [-0.1, -0.05) is 29.8 Å². The molecule has 0 fully saturated rings. The molecule has 0 aromatic heterocycles. The maximum absolute atomic E-state index is 12.8. The number of carbonyl (C=O) groups excluding carboxylic acids is 1. The first-order valence-corrected chi connectivity index (χ1v) is 7.06. The Morgan fingerprint density at radius 1 is 1.09 bits per heavy atom. The number of nitrogens with one attached hydrogen (secondary N) is 2. The second-order valence-corrected chi connectivity index (χ2v) is 5.10. The molecule has 2 rings (SSSR count). The maximum Gasteiger partial charge on any atom is 0.250 e. The van der Waals surface area contributed by atoms with Crippen LogP contribution in [0, 0.1) is 12.7 Å². The van der Waals surface area contributed by atoms with Gasteiger partial charge < -0.3 is 5.32 Å². The van der Waals surface area contributed by atoms with Gasteiger partial charge in [-0.3, -0.25) is 10.1 Å². The molecule has 2 N–H and O–H groups in total. The Morgan fingerprint density at radius 2 is 1.73 bits per heavy atom. The van der Waals surface area contributed by atoms with Crippen LogP contribution >= 0.6 is 12.2 Å². The van der Waals surface area contributed by atoms with Crippen LogP contribution in [0.5, 0.6) is 0 Å². The molecule has 0 saturated carbocycles. The first-order valence-electron chi connectivity index (χ1n) is 6.65. The molecule has 2 aromatic carbocycles. The third-order valence-electron chi connectivity index (χ3n) is 2.84. The van der Waals surface area contributed by atoms with Crippen molar-refractivity contribution in [2.24, 2.45) is 0 Å². The summed E-state index contributed by atoms with van der Waals surface area (Å²) in [6, 6.07) is 13.5. The van der Waals surface area contributed by atoms with E-state index in [1.807, 2.05) is 31.2 Å². The lowest BCUT2D eigenvalue weighted by atomic mass is 10.1. The minimum Gasteiger partial charge on any atom is -0.332 e. The molecular weight excluding hydrogens is 299 g/mol. The highest BCUT2D eigenvalue weighted by Crippen LogP contribution is 2.08. The fourth-order valence-electron chi connectivity index (χ4n) is 1.70. The van der Waals surface area contributed by atoms with Crippen molar-refractivity contribution in [1.29, 1.82) is 0 Å². The highest BCUT2D eigenvalue weighted by molar-refractivity contribution is 7.80. The SMILES string of the molecule is Cc1ccc(C=CC(=O)NC(=S)Nc2ccc(F)cc2)cc1. The van der Waals surface area contributed by atoms with Crippen LogP contribution in [0.4, 0.5) is 10.1 Å². The van der Waals surface area contributed by atoms with Gasteiger partial charge >= 0.3 is 0 Å². The molecule has 112 valence electrons. The standard InChI is InChI=1S/C17H15FN2OS/c1-12-2-4-13(5-3-12)6-11-16(21)20-17(22)19-15-9-7-14(18)8-10-15/h2-11H,1H3,(H2,19,20,21,22). The number of aryl methyl sites for hydroxylation is 1. The number of halogens is 1. The highest BCUT2D eigenvalue weighted by atomic mass is 32.1. The third-order valence-corrected chi connectivity index (χ3v) is 3.05. The molecule has 5 heteroatoms. The van der Waals surface area contributed by atoms with Crippen LogP contribution in [-0.4, -0.2) is 11.0 Å². The van der Waals surface area contributed by atoms with Crippen molar-refractivity contribution in [1.82, 2.24) is 5.32 Å². The fourth-order valence-corrected chi connectivity index (χ4v) is 1.92. The van der Waals surface area contributed by atoms with E-state index < -0.39 is 0 Å². The van der Waals surface area contributed by atoms with Crippen molar-refractivity contribution in [2.75, 3.05) is 5.32 Å². The van der Waals surface area contributed by atoms with Gasteiger partial charge in [0.2, 0.25) is 5.91 Å². The lowest BCUT2D eigenvalue weighted by molar-refractivity contribution is -0.115. The molecule has 0 saturated heterocycles. The lowest BCUT2D eigenvalue weighted by Crippen LogP contribution is -2.32. The molecule has 0 spiro atoms. The van der Waals surface area contributed by atoms with Gasteiger partial charge in [0.05, 0.1) is 0 Å². The van der Waals surface area contributed by atoms with E-state index in [2.05, 4.69) is 10.6 Å². The molecule has 0 heterocycles. The Morgan fingerprint density at radius 3 is 2.36 bits per heavy atom. The van der Waals surface area contributed by atoms with E-state index in [0.717, 1.165) is 11.1 Å². The molecule has 2 aromatic rings. The van der Waals surface area contributed by atoms with Gasteiger partial charge in [-0.25, -0.2) is 4.39 Å². The molecule has 1 amide bonds. The first-order chi connectivity index (χ1) is 10.5. The summed E-state index contributed by atoms with van der Waals surface area (Å²) >= 11 is 5.02. The van der Waals surface area contributed by atoms with Crippen LogP contribution in [0.25, 0.3) is 6.08 Å². The molecule has 0 aliphatic carbocycles. The van der Waals surface area contributed by atoms with Gasteiger partial charge in [0.1, 0.15) is 5.82 Å². The number of amides is 1. The van der Waals surface area contributed by atoms with Crippen molar-refractivity contribution in [3.05, 3.63) is 71.6 Å². The summed E-state index contributed by atoms with van der Waals surface area (Å²) in [5, 5.41) is 5.49. The van der Waals surface area contributed by atoms with Crippen molar-refractivity contribution in [3.63, 3.8) is 0 Å². The Bertz CT molecular complexity index is 694. The Labute approximate surface area is 133 Å². The van der Waals surface area contributed by atoms with Crippen molar-refractivity contribution < 1.29 is 9.18 Å². The minimum absolute atomic E-state index is 0.158. The van der Waals surface area contributed by atoms with Crippen molar-refractivity contribution >= 4 is 35.0 Å². The summed E-state index contributed by atoms with van der Waals surface area (Å²) in [5.41, 5.74) is 2.69. The molecular formula is C17H15FN2OS. The third kappa shape index (κ3) is 5.10. The highest BCUT2D eigenvalue weighted by Gasteiger charge is 2.01. The van der Waals surface area contributed by atoms with Crippen LogP contribution in [0.3, 0.4) is 0 Å². The van der Waals surface area contributed by atoms with Crippen molar-refractivity contribution in [3.8, 4) is 0 Å². The molecule has 0 unspecified atom stereocenters.